The van der Waals surface area contributed by atoms with Gasteiger partial charge in [-0.25, -0.2) is 0 Å². The van der Waals surface area contributed by atoms with E-state index in [9.17, 15) is 0 Å². The van der Waals surface area contributed by atoms with E-state index in [0.717, 1.165) is 84.7 Å². The van der Waals surface area contributed by atoms with Crippen LogP contribution in [-0.2, 0) is 41.8 Å². The van der Waals surface area contributed by atoms with Gasteiger partial charge in [0.1, 0.15) is 0 Å². The number of fused-ring (bicyclic) bond motifs is 4. The van der Waals surface area contributed by atoms with Gasteiger partial charge in [0, 0.05) is 92.1 Å². The summed E-state index contributed by atoms with van der Waals surface area (Å²) < 4.78 is 12.0. The van der Waals surface area contributed by atoms with Gasteiger partial charge in [0.05, 0.1) is 49.9 Å². The number of rotatable bonds is 9. The van der Waals surface area contributed by atoms with Crippen LogP contribution >= 0.6 is 0 Å². The molecule has 0 radical (unpaired) electrons. The Hall–Kier alpha value is -3.90. The summed E-state index contributed by atoms with van der Waals surface area (Å²) in [5.74, 6) is 0.307. The van der Waals surface area contributed by atoms with Gasteiger partial charge in [-0.1, -0.05) is 30.3 Å². The fourth-order valence-electron chi connectivity index (χ4n) is 12.5. The van der Waals surface area contributed by atoms with Crippen LogP contribution in [0, 0.1) is 0 Å². The van der Waals surface area contributed by atoms with Gasteiger partial charge in [-0.05, 0) is 150 Å². The Labute approximate surface area is 370 Å². The summed E-state index contributed by atoms with van der Waals surface area (Å²) in [6.45, 7) is 16.2. The number of aryl methyl sites for hydroxylation is 1. The molecule has 2 aromatic heterocycles. The number of pyridine rings is 2. The standard InChI is InChI=1S/C52H70N8O2/c1-33-29-61-30-34(2)59(33)47-15-8-12-38-25-55-41(23-45(38)47)28-58(6)49-18-17-43(44-14-10-20-54-52(44)49)39-21-40-26-56-42(24-46(40)50(22-39)60-35(3)31-62-32-36(60)4)27-57(5)48-16-7-11-37-13-9-19-53-51(37)48/h8-10,12-15,19-22,33-36,41-43,48-49,55-56H,7,11,16-18,23-32H2,1-6H3/t33-,34+,35-,36+,41-,42+,43?,48-,49-/m0/s1. The minimum atomic E-state index is 0.280. The topological polar surface area (TPSA) is 81.3 Å². The smallest absolute Gasteiger partial charge is 0.0668 e. The molecule has 0 bridgehead atoms. The van der Waals surface area contributed by atoms with E-state index in [4.69, 9.17) is 19.4 Å². The van der Waals surface area contributed by atoms with E-state index in [2.05, 4.69) is 127 Å². The van der Waals surface area contributed by atoms with Crippen LogP contribution < -0.4 is 20.4 Å². The zero-order valence-corrected chi connectivity index (χ0v) is 38.2. The molecule has 1 unspecified atom stereocenters. The van der Waals surface area contributed by atoms with Gasteiger partial charge in [0.25, 0.3) is 0 Å². The van der Waals surface area contributed by atoms with E-state index in [1.165, 1.54) is 74.5 Å². The predicted octanol–water partition coefficient (Wildman–Crippen LogP) is 7.34. The number of aromatic nitrogens is 2. The Morgan fingerprint density at radius 2 is 1.21 bits per heavy atom. The quantitative estimate of drug-likeness (QED) is 0.179. The number of nitrogens with one attached hydrogen (secondary N) is 2. The first kappa shape index (κ1) is 42.1. The van der Waals surface area contributed by atoms with Gasteiger partial charge in [-0.2, -0.15) is 0 Å². The molecule has 2 aromatic carbocycles. The van der Waals surface area contributed by atoms with Crippen LogP contribution in [0.3, 0.4) is 0 Å². The minimum absolute atomic E-state index is 0.280. The molecule has 10 nitrogen and oxygen atoms in total. The summed E-state index contributed by atoms with van der Waals surface area (Å²) in [5.41, 5.74) is 15.6. The normalized spacial score (nSPS) is 29.8. The molecule has 6 heterocycles. The fraction of sp³-hybridized carbons (Fsp3) is 0.577. The first-order chi connectivity index (χ1) is 30.2. The molecule has 2 N–H and O–H groups in total. The molecule has 0 spiro atoms. The number of benzene rings is 2. The van der Waals surface area contributed by atoms with E-state index < -0.39 is 0 Å². The molecule has 0 saturated carbocycles. The summed E-state index contributed by atoms with van der Waals surface area (Å²) in [4.78, 5) is 20.6. The zero-order chi connectivity index (χ0) is 42.5. The Balaban J connectivity index is 0.896. The lowest BCUT2D eigenvalue weighted by Crippen LogP contribution is -2.51. The summed E-state index contributed by atoms with van der Waals surface area (Å²) in [7, 11) is 4.65. The first-order valence-electron chi connectivity index (χ1n) is 24.0. The molecule has 2 aliphatic carbocycles. The van der Waals surface area contributed by atoms with E-state index >= 15 is 0 Å². The van der Waals surface area contributed by atoms with Crippen molar-refractivity contribution in [3.63, 3.8) is 0 Å². The zero-order valence-electron chi connectivity index (χ0n) is 38.2. The van der Waals surface area contributed by atoms with Crippen LogP contribution in [0.2, 0.25) is 0 Å². The molecule has 330 valence electrons. The largest absolute Gasteiger partial charge is 0.377 e. The number of ether oxygens (including phenoxy) is 2. The van der Waals surface area contributed by atoms with Crippen molar-refractivity contribution in [2.45, 2.75) is 140 Å². The van der Waals surface area contributed by atoms with Gasteiger partial charge in [0.2, 0.25) is 0 Å². The number of anilines is 2. The van der Waals surface area contributed by atoms with Crippen LogP contribution in [0.25, 0.3) is 0 Å². The number of hydrogen-bond donors (Lipinski definition) is 2. The van der Waals surface area contributed by atoms with E-state index in [-0.39, 0.29) is 6.04 Å². The van der Waals surface area contributed by atoms with Gasteiger partial charge in [0.15, 0.2) is 0 Å². The Kier molecular flexibility index (Phi) is 12.2. The second kappa shape index (κ2) is 17.9. The molecular weight excluding hydrogens is 769 g/mol. The highest BCUT2D eigenvalue weighted by atomic mass is 16.5. The Morgan fingerprint density at radius 3 is 1.90 bits per heavy atom. The lowest BCUT2D eigenvalue weighted by Gasteiger charge is -2.44. The summed E-state index contributed by atoms with van der Waals surface area (Å²) >= 11 is 0. The molecule has 62 heavy (non-hydrogen) atoms. The van der Waals surface area contributed by atoms with Gasteiger partial charge >= 0.3 is 0 Å². The average Bonchev–Trinajstić information content (AvgIpc) is 3.28. The van der Waals surface area contributed by atoms with Crippen LogP contribution in [0.4, 0.5) is 11.4 Å². The third-order valence-electron chi connectivity index (χ3n) is 15.5. The van der Waals surface area contributed by atoms with Gasteiger partial charge < -0.3 is 29.9 Å². The maximum Gasteiger partial charge on any atom is 0.0668 e. The molecule has 2 fully saturated rings. The highest BCUT2D eigenvalue weighted by Gasteiger charge is 2.38. The number of morpholine rings is 2. The van der Waals surface area contributed by atoms with Crippen molar-refractivity contribution in [3.8, 4) is 0 Å². The second-order valence-corrected chi connectivity index (χ2v) is 19.9. The number of likely N-dealkylation sites (N-methyl/N-ethyl adjacent to an activating group) is 2. The van der Waals surface area contributed by atoms with Crippen molar-refractivity contribution in [3.05, 3.63) is 117 Å². The molecule has 4 aromatic rings. The van der Waals surface area contributed by atoms with E-state index in [1.54, 1.807) is 0 Å². The van der Waals surface area contributed by atoms with Crippen molar-refractivity contribution < 1.29 is 9.47 Å². The van der Waals surface area contributed by atoms with E-state index in [0.29, 0.717) is 48.2 Å². The maximum atomic E-state index is 6.11. The molecule has 10 rings (SSSR count). The molecule has 6 aliphatic rings. The lowest BCUT2D eigenvalue weighted by atomic mass is 9.77. The summed E-state index contributed by atoms with van der Waals surface area (Å²) in [6.07, 6.45) is 11.8. The molecule has 0 amide bonds. The predicted molar refractivity (Wildman–Crippen MR) is 249 cm³/mol. The summed E-state index contributed by atoms with van der Waals surface area (Å²) in [5, 5.41) is 7.96. The molecule has 10 heteroatoms. The Morgan fingerprint density at radius 1 is 0.629 bits per heavy atom. The van der Waals surface area contributed by atoms with Crippen LogP contribution in [-0.4, -0.2) is 110 Å². The SMILES string of the molecule is C[C@@H]1COC[C@H](C)N1c1cc(C2CC[C@H](N(C)C[C@@H]3Cc4c(cccc4N4[C@H](C)COC[C@@H]4C)CN3)c3ncccc32)cc2c1C[C@H](CN(C)[C@H]1CCCc3cccnc31)NC2. The van der Waals surface area contributed by atoms with Crippen LogP contribution in [0.15, 0.2) is 67.0 Å². The highest BCUT2D eigenvalue weighted by molar-refractivity contribution is 5.63. The van der Waals surface area contributed by atoms with Crippen LogP contribution in [0.5, 0.6) is 0 Å². The van der Waals surface area contributed by atoms with Gasteiger partial charge in [-0.15, -0.1) is 0 Å². The van der Waals surface area contributed by atoms with Crippen LogP contribution in [0.1, 0.15) is 122 Å². The monoisotopic (exact) mass is 839 g/mol. The van der Waals surface area contributed by atoms with Crippen molar-refractivity contribution in [2.75, 3.05) is 63.4 Å². The minimum Gasteiger partial charge on any atom is -0.377 e. The fourth-order valence-corrected chi connectivity index (χ4v) is 12.5. The summed E-state index contributed by atoms with van der Waals surface area (Å²) in [6, 6.07) is 23.7. The second-order valence-electron chi connectivity index (χ2n) is 19.9. The molecular formula is C52H70N8O2. The lowest BCUT2D eigenvalue weighted by molar-refractivity contribution is 0.0755. The maximum absolute atomic E-state index is 6.11. The van der Waals surface area contributed by atoms with Crippen molar-refractivity contribution in [1.29, 1.82) is 0 Å². The van der Waals surface area contributed by atoms with Crippen molar-refractivity contribution in [1.82, 2.24) is 30.4 Å². The highest BCUT2D eigenvalue weighted by Crippen LogP contribution is 2.46. The molecule has 4 aliphatic heterocycles. The van der Waals surface area contributed by atoms with Crippen molar-refractivity contribution >= 4 is 11.4 Å². The van der Waals surface area contributed by atoms with Crippen molar-refractivity contribution in [2.24, 2.45) is 0 Å². The average molecular weight is 839 g/mol. The van der Waals surface area contributed by atoms with E-state index in [1.807, 2.05) is 12.4 Å². The van der Waals surface area contributed by atoms with Gasteiger partial charge in [-0.3, -0.25) is 19.8 Å². The number of nitrogens with zero attached hydrogens (tertiary/aromatic N) is 6. The first-order valence-corrected chi connectivity index (χ1v) is 24.0. The molecule has 9 atom stereocenters. The third kappa shape index (κ3) is 8.09. The number of hydrogen-bond acceptors (Lipinski definition) is 10. The Bertz CT molecular complexity index is 2200. The third-order valence-corrected chi connectivity index (χ3v) is 15.5. The molecule has 2 saturated heterocycles.